The van der Waals surface area contributed by atoms with Crippen LogP contribution in [0.1, 0.15) is 26.3 Å². The van der Waals surface area contributed by atoms with Crippen LogP contribution in [0.2, 0.25) is 0 Å². The lowest BCUT2D eigenvalue weighted by Crippen LogP contribution is -2.34. The number of halogens is 1. The Morgan fingerprint density at radius 1 is 1.19 bits per heavy atom. The standard InChI is InChI=1S/C21H24INO8S/c1-5-29-15-7-13(6-14(22)19(15)31-11-18(25)28-4)8-16-20(26)23(21(27)32-16)9-17(24)30-10-12(2)3/h6-8,12H,5,9-11H2,1-4H3/b16-8+. The van der Waals surface area contributed by atoms with Gasteiger partial charge in [0, 0.05) is 0 Å². The lowest BCUT2D eigenvalue weighted by Gasteiger charge is -2.14. The predicted octanol–water partition coefficient (Wildman–Crippen LogP) is 3.48. The zero-order valence-corrected chi connectivity index (χ0v) is 21.1. The van der Waals surface area contributed by atoms with Crippen LogP contribution in [-0.2, 0) is 23.9 Å². The summed E-state index contributed by atoms with van der Waals surface area (Å²) in [5, 5.41) is -0.541. The first-order chi connectivity index (χ1) is 15.2. The normalized spacial score (nSPS) is 14.8. The van der Waals surface area contributed by atoms with Gasteiger partial charge in [0.2, 0.25) is 0 Å². The Hall–Kier alpha value is -2.28. The first-order valence-electron chi connectivity index (χ1n) is 9.73. The maximum Gasteiger partial charge on any atom is 0.343 e. The van der Waals surface area contributed by atoms with Gasteiger partial charge in [0.1, 0.15) is 6.54 Å². The van der Waals surface area contributed by atoms with E-state index in [2.05, 4.69) is 4.74 Å². The van der Waals surface area contributed by atoms with E-state index in [0.29, 0.717) is 27.2 Å². The molecule has 2 amide bonds. The van der Waals surface area contributed by atoms with E-state index in [-0.39, 0.29) is 24.0 Å². The molecule has 174 valence electrons. The van der Waals surface area contributed by atoms with Crippen molar-refractivity contribution in [2.75, 3.05) is 33.5 Å². The van der Waals surface area contributed by atoms with Gasteiger partial charge in [-0.1, -0.05) is 13.8 Å². The number of carbonyl (C=O) groups excluding carboxylic acids is 4. The Labute approximate surface area is 203 Å². The number of thioether (sulfide) groups is 1. The number of hydrogen-bond acceptors (Lipinski definition) is 9. The van der Waals surface area contributed by atoms with Crippen LogP contribution in [0.15, 0.2) is 17.0 Å². The van der Waals surface area contributed by atoms with Gasteiger partial charge in [-0.2, -0.15) is 0 Å². The van der Waals surface area contributed by atoms with Crippen LogP contribution in [0.5, 0.6) is 11.5 Å². The van der Waals surface area contributed by atoms with Gasteiger partial charge in [0.15, 0.2) is 18.1 Å². The molecule has 0 N–H and O–H groups in total. The van der Waals surface area contributed by atoms with Gasteiger partial charge in [-0.05, 0) is 71.0 Å². The van der Waals surface area contributed by atoms with Crippen molar-refractivity contribution in [3.8, 4) is 11.5 Å². The van der Waals surface area contributed by atoms with Crippen LogP contribution >= 0.6 is 34.4 Å². The number of amides is 2. The molecule has 1 fully saturated rings. The fraction of sp³-hybridized carbons (Fsp3) is 0.429. The van der Waals surface area contributed by atoms with E-state index < -0.39 is 29.6 Å². The Morgan fingerprint density at radius 3 is 2.53 bits per heavy atom. The van der Waals surface area contributed by atoms with E-state index in [1.54, 1.807) is 25.1 Å². The Morgan fingerprint density at radius 2 is 1.91 bits per heavy atom. The lowest BCUT2D eigenvalue weighted by molar-refractivity contribution is -0.147. The minimum absolute atomic E-state index is 0.148. The average Bonchev–Trinajstić information content (AvgIpc) is 2.99. The van der Waals surface area contributed by atoms with Crippen LogP contribution in [0.4, 0.5) is 4.79 Å². The van der Waals surface area contributed by atoms with Crippen molar-refractivity contribution in [2.24, 2.45) is 5.92 Å². The van der Waals surface area contributed by atoms with E-state index in [1.165, 1.54) is 7.11 Å². The Bertz CT molecular complexity index is 931. The second-order valence-corrected chi connectivity index (χ2v) is 9.13. The molecule has 0 aliphatic carbocycles. The van der Waals surface area contributed by atoms with Crippen LogP contribution < -0.4 is 9.47 Å². The van der Waals surface area contributed by atoms with Crippen LogP contribution in [-0.4, -0.2) is 61.5 Å². The Balaban J connectivity index is 2.21. The summed E-state index contributed by atoms with van der Waals surface area (Å²) < 4.78 is 21.4. The molecular formula is C21H24INO8S. The molecule has 0 aromatic heterocycles. The SMILES string of the molecule is CCOc1cc(/C=C2/SC(=O)N(CC(=O)OCC(C)C)C2=O)cc(I)c1OCC(=O)OC. The fourth-order valence-electron chi connectivity index (χ4n) is 2.49. The third-order valence-electron chi connectivity index (χ3n) is 3.93. The summed E-state index contributed by atoms with van der Waals surface area (Å²) in [6.45, 7) is 5.43. The maximum absolute atomic E-state index is 12.7. The summed E-state index contributed by atoms with van der Waals surface area (Å²) in [7, 11) is 1.26. The number of hydrogen-bond donors (Lipinski definition) is 0. The van der Waals surface area contributed by atoms with Crippen molar-refractivity contribution < 1.29 is 38.1 Å². The number of methoxy groups -OCH3 is 1. The molecule has 1 aromatic carbocycles. The Kier molecular flexibility index (Phi) is 9.82. The largest absolute Gasteiger partial charge is 0.490 e. The quantitative estimate of drug-likeness (QED) is 0.235. The molecule has 11 heteroatoms. The molecule has 0 unspecified atom stereocenters. The van der Waals surface area contributed by atoms with Crippen molar-refractivity contribution in [1.82, 2.24) is 4.90 Å². The number of imide groups is 1. The smallest absolute Gasteiger partial charge is 0.343 e. The number of nitrogens with zero attached hydrogens (tertiary/aromatic N) is 1. The van der Waals surface area contributed by atoms with E-state index in [1.807, 2.05) is 36.4 Å². The molecule has 32 heavy (non-hydrogen) atoms. The molecule has 0 spiro atoms. The highest BCUT2D eigenvalue weighted by Crippen LogP contribution is 2.37. The van der Waals surface area contributed by atoms with Gasteiger partial charge in [0.05, 0.1) is 28.8 Å². The summed E-state index contributed by atoms with van der Waals surface area (Å²) >= 11 is 2.77. The zero-order valence-electron chi connectivity index (χ0n) is 18.1. The van der Waals surface area contributed by atoms with Crippen molar-refractivity contribution in [2.45, 2.75) is 20.8 Å². The minimum Gasteiger partial charge on any atom is -0.490 e. The summed E-state index contributed by atoms with van der Waals surface area (Å²) in [5.74, 6) is -0.840. The summed E-state index contributed by atoms with van der Waals surface area (Å²) in [4.78, 5) is 49.3. The van der Waals surface area contributed by atoms with Crippen molar-refractivity contribution in [3.05, 3.63) is 26.2 Å². The molecule has 2 rings (SSSR count). The predicted molar refractivity (Wildman–Crippen MR) is 126 cm³/mol. The molecule has 0 saturated carbocycles. The van der Waals surface area contributed by atoms with E-state index >= 15 is 0 Å². The van der Waals surface area contributed by atoms with Crippen molar-refractivity contribution in [1.29, 1.82) is 0 Å². The van der Waals surface area contributed by atoms with Crippen molar-refractivity contribution in [3.63, 3.8) is 0 Å². The second-order valence-electron chi connectivity index (χ2n) is 6.97. The number of ether oxygens (including phenoxy) is 4. The summed E-state index contributed by atoms with van der Waals surface area (Å²) in [6.07, 6.45) is 1.54. The van der Waals surface area contributed by atoms with E-state index in [4.69, 9.17) is 14.2 Å². The first kappa shape index (κ1) is 26.0. The number of rotatable bonds is 10. The van der Waals surface area contributed by atoms with Crippen molar-refractivity contribution >= 4 is 63.5 Å². The molecule has 0 radical (unpaired) electrons. The summed E-state index contributed by atoms with van der Waals surface area (Å²) in [6, 6.07) is 3.36. The zero-order chi connectivity index (χ0) is 23.8. The van der Waals surface area contributed by atoms with Crippen LogP contribution in [0, 0.1) is 9.49 Å². The number of esters is 2. The van der Waals surface area contributed by atoms with Gasteiger partial charge in [-0.15, -0.1) is 0 Å². The molecule has 1 aromatic rings. The molecule has 1 saturated heterocycles. The van der Waals surface area contributed by atoms with Gasteiger partial charge in [-0.3, -0.25) is 19.3 Å². The molecule has 1 heterocycles. The highest BCUT2D eigenvalue weighted by molar-refractivity contribution is 14.1. The molecular weight excluding hydrogens is 553 g/mol. The highest BCUT2D eigenvalue weighted by atomic mass is 127. The monoisotopic (exact) mass is 577 g/mol. The third-order valence-corrected chi connectivity index (χ3v) is 5.64. The fourth-order valence-corrected chi connectivity index (χ4v) is 4.11. The van der Waals surface area contributed by atoms with Gasteiger partial charge < -0.3 is 18.9 Å². The number of benzene rings is 1. The second kappa shape index (κ2) is 12.1. The third kappa shape index (κ3) is 7.12. The van der Waals surface area contributed by atoms with Crippen LogP contribution in [0.3, 0.4) is 0 Å². The lowest BCUT2D eigenvalue weighted by atomic mass is 10.2. The molecule has 1 aliphatic rings. The topological polar surface area (TPSA) is 108 Å². The summed E-state index contributed by atoms with van der Waals surface area (Å²) in [5.41, 5.74) is 0.594. The van der Waals surface area contributed by atoms with Crippen LogP contribution in [0.25, 0.3) is 6.08 Å². The van der Waals surface area contributed by atoms with E-state index in [0.717, 1.165) is 16.7 Å². The maximum atomic E-state index is 12.7. The minimum atomic E-state index is -0.637. The number of carbonyl (C=O) groups is 4. The molecule has 9 nitrogen and oxygen atoms in total. The molecule has 1 aliphatic heterocycles. The van der Waals surface area contributed by atoms with Gasteiger partial charge in [-0.25, -0.2) is 4.79 Å². The van der Waals surface area contributed by atoms with Gasteiger partial charge in [0.25, 0.3) is 11.1 Å². The van der Waals surface area contributed by atoms with Gasteiger partial charge >= 0.3 is 11.9 Å². The average molecular weight is 577 g/mol. The first-order valence-corrected chi connectivity index (χ1v) is 11.6. The highest BCUT2D eigenvalue weighted by Gasteiger charge is 2.36. The molecule has 0 atom stereocenters. The van der Waals surface area contributed by atoms with E-state index in [9.17, 15) is 19.2 Å². The molecule has 0 bridgehead atoms.